The molecule has 4 nitrogen and oxygen atoms in total. The molecule has 0 radical (unpaired) electrons. The SMILES string of the molecule is CC(C)(Nc1ncnc2c1CCC2)c1nccs1. The Bertz CT molecular complexity index is 548. The van der Waals surface area contributed by atoms with Gasteiger partial charge in [0.1, 0.15) is 17.2 Å². The highest BCUT2D eigenvalue weighted by Crippen LogP contribution is 2.31. The zero-order valence-corrected chi connectivity index (χ0v) is 11.4. The summed E-state index contributed by atoms with van der Waals surface area (Å²) in [6, 6.07) is 0. The Hall–Kier alpha value is -1.49. The van der Waals surface area contributed by atoms with Crippen molar-refractivity contribution in [2.75, 3.05) is 5.32 Å². The summed E-state index contributed by atoms with van der Waals surface area (Å²) in [5, 5.41) is 6.60. The van der Waals surface area contributed by atoms with Crippen LogP contribution in [-0.4, -0.2) is 15.0 Å². The Balaban J connectivity index is 1.91. The van der Waals surface area contributed by atoms with Crippen LogP contribution in [0.5, 0.6) is 0 Å². The summed E-state index contributed by atoms with van der Waals surface area (Å²) in [5.41, 5.74) is 2.28. The van der Waals surface area contributed by atoms with Crippen molar-refractivity contribution in [2.24, 2.45) is 0 Å². The van der Waals surface area contributed by atoms with Gasteiger partial charge in [-0.25, -0.2) is 15.0 Å². The largest absolute Gasteiger partial charge is 0.358 e. The van der Waals surface area contributed by atoms with Gasteiger partial charge in [-0.15, -0.1) is 11.3 Å². The van der Waals surface area contributed by atoms with Gasteiger partial charge in [-0.05, 0) is 33.1 Å². The van der Waals surface area contributed by atoms with E-state index in [0.717, 1.165) is 23.7 Å². The van der Waals surface area contributed by atoms with Gasteiger partial charge in [-0.3, -0.25) is 0 Å². The minimum atomic E-state index is -0.196. The number of nitrogens with zero attached hydrogens (tertiary/aromatic N) is 3. The predicted molar refractivity (Wildman–Crippen MR) is 72.8 cm³/mol. The van der Waals surface area contributed by atoms with Crippen molar-refractivity contribution < 1.29 is 0 Å². The molecule has 0 amide bonds. The first-order valence-electron chi connectivity index (χ1n) is 6.18. The summed E-state index contributed by atoms with van der Waals surface area (Å²) in [5.74, 6) is 0.970. The number of hydrogen-bond acceptors (Lipinski definition) is 5. The van der Waals surface area contributed by atoms with Gasteiger partial charge in [0, 0.05) is 22.8 Å². The monoisotopic (exact) mass is 260 g/mol. The van der Waals surface area contributed by atoms with Gasteiger partial charge in [0.2, 0.25) is 0 Å². The molecule has 2 heterocycles. The summed E-state index contributed by atoms with van der Waals surface area (Å²) < 4.78 is 0. The molecule has 3 rings (SSSR count). The van der Waals surface area contributed by atoms with E-state index in [1.165, 1.54) is 17.7 Å². The average Bonchev–Trinajstić information content (AvgIpc) is 3.00. The number of hydrogen-bond donors (Lipinski definition) is 1. The molecule has 2 aromatic heterocycles. The molecule has 0 bridgehead atoms. The first-order valence-corrected chi connectivity index (χ1v) is 7.06. The molecule has 1 aliphatic carbocycles. The van der Waals surface area contributed by atoms with Crippen LogP contribution in [0.1, 0.15) is 36.5 Å². The lowest BCUT2D eigenvalue weighted by atomic mass is 10.1. The van der Waals surface area contributed by atoms with Crippen LogP contribution in [0.3, 0.4) is 0 Å². The van der Waals surface area contributed by atoms with E-state index < -0.39 is 0 Å². The number of nitrogens with one attached hydrogen (secondary N) is 1. The van der Waals surface area contributed by atoms with E-state index in [1.807, 2.05) is 11.6 Å². The van der Waals surface area contributed by atoms with Crippen molar-refractivity contribution in [3.05, 3.63) is 34.2 Å². The van der Waals surface area contributed by atoms with Gasteiger partial charge in [-0.1, -0.05) is 0 Å². The van der Waals surface area contributed by atoms with Gasteiger partial charge in [0.05, 0.1) is 5.54 Å². The molecule has 0 aromatic carbocycles. The van der Waals surface area contributed by atoms with E-state index >= 15 is 0 Å². The van der Waals surface area contributed by atoms with Gasteiger partial charge < -0.3 is 5.32 Å². The number of rotatable bonds is 3. The molecule has 0 aliphatic heterocycles. The lowest BCUT2D eigenvalue weighted by Crippen LogP contribution is -2.29. The van der Waals surface area contributed by atoms with Crippen molar-refractivity contribution >= 4 is 17.2 Å². The molecule has 0 atom stereocenters. The smallest absolute Gasteiger partial charge is 0.133 e. The minimum absolute atomic E-state index is 0.196. The molecule has 5 heteroatoms. The molecular weight excluding hydrogens is 244 g/mol. The zero-order valence-electron chi connectivity index (χ0n) is 10.6. The van der Waals surface area contributed by atoms with Gasteiger partial charge in [0.15, 0.2) is 0 Å². The molecule has 0 spiro atoms. The Kier molecular flexibility index (Phi) is 2.78. The van der Waals surface area contributed by atoms with Crippen LogP contribution in [0, 0.1) is 0 Å². The van der Waals surface area contributed by atoms with Gasteiger partial charge in [-0.2, -0.15) is 0 Å². The molecule has 0 saturated heterocycles. The molecule has 2 aromatic rings. The van der Waals surface area contributed by atoms with E-state index in [9.17, 15) is 0 Å². The average molecular weight is 260 g/mol. The van der Waals surface area contributed by atoms with Crippen LogP contribution in [0.25, 0.3) is 0 Å². The predicted octanol–water partition coefficient (Wildman–Crippen LogP) is 2.77. The summed E-state index contributed by atoms with van der Waals surface area (Å²) in [6.07, 6.45) is 6.83. The quantitative estimate of drug-likeness (QED) is 0.922. The number of anilines is 1. The van der Waals surface area contributed by atoms with E-state index in [0.29, 0.717) is 0 Å². The third-order valence-electron chi connectivity index (χ3n) is 3.27. The van der Waals surface area contributed by atoms with Gasteiger partial charge >= 0.3 is 0 Å². The number of fused-ring (bicyclic) bond motifs is 1. The standard InChI is InChI=1S/C13H16N4S/c1-13(2,12-14-6-7-18-12)17-11-9-4-3-5-10(9)15-8-16-11/h6-8H,3-5H2,1-2H3,(H,15,16,17). The fraction of sp³-hybridized carbons (Fsp3) is 0.462. The molecule has 1 N–H and O–H groups in total. The first-order chi connectivity index (χ1) is 8.67. The molecule has 18 heavy (non-hydrogen) atoms. The molecular formula is C13H16N4S. The fourth-order valence-corrected chi connectivity index (χ4v) is 3.07. The summed E-state index contributed by atoms with van der Waals surface area (Å²) in [4.78, 5) is 13.1. The topological polar surface area (TPSA) is 50.7 Å². The van der Waals surface area contributed by atoms with Crippen LogP contribution in [0.2, 0.25) is 0 Å². The Morgan fingerprint density at radius 2 is 2.11 bits per heavy atom. The minimum Gasteiger partial charge on any atom is -0.358 e. The van der Waals surface area contributed by atoms with Crippen LogP contribution in [0.4, 0.5) is 5.82 Å². The number of aryl methyl sites for hydroxylation is 1. The zero-order chi connectivity index (χ0) is 12.6. The Labute approximate surface area is 111 Å². The molecule has 0 saturated carbocycles. The maximum absolute atomic E-state index is 4.40. The highest BCUT2D eigenvalue weighted by Gasteiger charge is 2.26. The second kappa shape index (κ2) is 4.31. The summed E-state index contributed by atoms with van der Waals surface area (Å²) in [7, 11) is 0. The molecule has 94 valence electrons. The highest BCUT2D eigenvalue weighted by molar-refractivity contribution is 7.09. The molecule has 0 unspecified atom stereocenters. The van der Waals surface area contributed by atoms with E-state index in [1.54, 1.807) is 17.7 Å². The van der Waals surface area contributed by atoms with Crippen molar-refractivity contribution in [3.63, 3.8) is 0 Å². The summed E-state index contributed by atoms with van der Waals surface area (Å²) in [6.45, 7) is 4.27. The van der Waals surface area contributed by atoms with Crippen LogP contribution >= 0.6 is 11.3 Å². The third-order valence-corrected chi connectivity index (χ3v) is 4.37. The Morgan fingerprint density at radius 3 is 2.89 bits per heavy atom. The second-order valence-electron chi connectivity index (χ2n) is 5.09. The third kappa shape index (κ3) is 1.99. The lowest BCUT2D eigenvalue weighted by Gasteiger charge is -2.25. The number of aromatic nitrogens is 3. The molecule has 0 fully saturated rings. The van der Waals surface area contributed by atoms with E-state index in [2.05, 4.69) is 34.1 Å². The Morgan fingerprint density at radius 1 is 1.22 bits per heavy atom. The van der Waals surface area contributed by atoms with Crippen LogP contribution < -0.4 is 5.32 Å². The van der Waals surface area contributed by atoms with Crippen LogP contribution in [0.15, 0.2) is 17.9 Å². The van der Waals surface area contributed by atoms with E-state index in [4.69, 9.17) is 0 Å². The van der Waals surface area contributed by atoms with Gasteiger partial charge in [0.25, 0.3) is 0 Å². The van der Waals surface area contributed by atoms with Crippen molar-refractivity contribution in [1.82, 2.24) is 15.0 Å². The first kappa shape index (κ1) is 11.6. The lowest BCUT2D eigenvalue weighted by molar-refractivity contribution is 0.599. The normalized spacial score (nSPS) is 14.6. The van der Waals surface area contributed by atoms with E-state index in [-0.39, 0.29) is 5.54 Å². The molecule has 1 aliphatic rings. The fourth-order valence-electron chi connectivity index (χ4n) is 2.35. The maximum atomic E-state index is 4.40. The maximum Gasteiger partial charge on any atom is 0.133 e. The van der Waals surface area contributed by atoms with Crippen molar-refractivity contribution in [3.8, 4) is 0 Å². The summed E-state index contributed by atoms with van der Waals surface area (Å²) >= 11 is 1.67. The van der Waals surface area contributed by atoms with Crippen molar-refractivity contribution in [1.29, 1.82) is 0 Å². The van der Waals surface area contributed by atoms with Crippen molar-refractivity contribution in [2.45, 2.75) is 38.6 Å². The van der Waals surface area contributed by atoms with Crippen LogP contribution in [-0.2, 0) is 18.4 Å². The second-order valence-corrected chi connectivity index (χ2v) is 5.98. The number of thiazole rings is 1. The highest BCUT2D eigenvalue weighted by atomic mass is 32.1.